The van der Waals surface area contributed by atoms with Crippen molar-refractivity contribution in [2.45, 2.75) is 13.8 Å². The fraction of sp³-hybridized carbons (Fsp3) is 0.800. The minimum Gasteiger partial charge on any atom is -0.298 e. The average molecular weight is 116 g/mol. The standard InChI is InChI=1S/C5H8O3/c1-5(2)3-7-8-4(5)6/h3H2,1-2H3. The molecular formula is C5H8O3. The van der Waals surface area contributed by atoms with E-state index in [2.05, 4.69) is 9.78 Å². The van der Waals surface area contributed by atoms with E-state index in [-0.39, 0.29) is 5.97 Å². The Labute approximate surface area is 47.5 Å². The molecule has 0 aromatic heterocycles. The fourth-order valence-electron chi connectivity index (χ4n) is 0.402. The van der Waals surface area contributed by atoms with Crippen molar-refractivity contribution < 1.29 is 14.6 Å². The third-order valence-corrected chi connectivity index (χ3v) is 1.11. The molecule has 0 bridgehead atoms. The van der Waals surface area contributed by atoms with E-state index < -0.39 is 5.41 Å². The zero-order valence-electron chi connectivity index (χ0n) is 4.93. The van der Waals surface area contributed by atoms with Gasteiger partial charge < -0.3 is 0 Å². The van der Waals surface area contributed by atoms with E-state index >= 15 is 0 Å². The Hall–Kier alpha value is -0.570. The summed E-state index contributed by atoms with van der Waals surface area (Å²) in [4.78, 5) is 19.2. The van der Waals surface area contributed by atoms with Gasteiger partial charge in [0.2, 0.25) is 0 Å². The van der Waals surface area contributed by atoms with Crippen LogP contribution in [0.4, 0.5) is 0 Å². The predicted molar refractivity (Wildman–Crippen MR) is 25.8 cm³/mol. The van der Waals surface area contributed by atoms with Gasteiger partial charge >= 0.3 is 5.97 Å². The van der Waals surface area contributed by atoms with E-state index in [0.29, 0.717) is 6.61 Å². The second kappa shape index (κ2) is 1.45. The van der Waals surface area contributed by atoms with E-state index in [1.54, 1.807) is 13.8 Å². The molecule has 1 rings (SSSR count). The summed E-state index contributed by atoms with van der Waals surface area (Å²) < 4.78 is 0. The Bertz CT molecular complexity index is 117. The highest BCUT2D eigenvalue weighted by molar-refractivity contribution is 5.76. The van der Waals surface area contributed by atoms with Crippen molar-refractivity contribution in [3.05, 3.63) is 0 Å². The summed E-state index contributed by atoms with van der Waals surface area (Å²) >= 11 is 0. The molecule has 0 amide bonds. The van der Waals surface area contributed by atoms with E-state index in [9.17, 15) is 4.79 Å². The summed E-state index contributed by atoms with van der Waals surface area (Å²) in [5.41, 5.74) is -0.431. The Morgan fingerprint density at radius 3 is 2.38 bits per heavy atom. The summed E-state index contributed by atoms with van der Waals surface area (Å²) in [7, 11) is 0. The summed E-state index contributed by atoms with van der Waals surface area (Å²) in [6.07, 6.45) is 0. The van der Waals surface area contributed by atoms with Gasteiger partial charge in [0.1, 0.15) is 6.61 Å². The zero-order valence-corrected chi connectivity index (χ0v) is 4.93. The highest BCUT2D eigenvalue weighted by Crippen LogP contribution is 2.23. The minimum atomic E-state index is -0.431. The topological polar surface area (TPSA) is 35.5 Å². The van der Waals surface area contributed by atoms with Crippen LogP contribution in [0, 0.1) is 5.41 Å². The first-order valence-corrected chi connectivity index (χ1v) is 2.47. The van der Waals surface area contributed by atoms with E-state index in [4.69, 9.17) is 0 Å². The van der Waals surface area contributed by atoms with Crippen LogP contribution in [0.5, 0.6) is 0 Å². The van der Waals surface area contributed by atoms with E-state index in [0.717, 1.165) is 0 Å². The summed E-state index contributed by atoms with van der Waals surface area (Å²) in [5, 5.41) is 0. The van der Waals surface area contributed by atoms with Crippen molar-refractivity contribution in [3.8, 4) is 0 Å². The SMILES string of the molecule is CC1(C)COOC1=O. The van der Waals surface area contributed by atoms with Crippen molar-refractivity contribution in [1.29, 1.82) is 0 Å². The van der Waals surface area contributed by atoms with Crippen LogP contribution < -0.4 is 0 Å². The molecule has 0 aromatic rings. The number of rotatable bonds is 0. The Morgan fingerprint density at radius 2 is 2.25 bits per heavy atom. The van der Waals surface area contributed by atoms with Crippen LogP contribution in [0.1, 0.15) is 13.8 Å². The van der Waals surface area contributed by atoms with Crippen molar-refractivity contribution in [2.24, 2.45) is 5.41 Å². The lowest BCUT2D eigenvalue weighted by molar-refractivity contribution is -0.240. The molecule has 0 radical (unpaired) electrons. The molecule has 46 valence electrons. The van der Waals surface area contributed by atoms with Gasteiger partial charge in [-0.3, -0.25) is 4.89 Å². The Balaban J connectivity index is 2.68. The second-order valence-corrected chi connectivity index (χ2v) is 2.52. The molecule has 3 nitrogen and oxygen atoms in total. The quantitative estimate of drug-likeness (QED) is 0.432. The third-order valence-electron chi connectivity index (χ3n) is 1.11. The zero-order chi connectivity index (χ0) is 6.20. The maximum atomic E-state index is 10.5. The molecule has 0 spiro atoms. The lowest BCUT2D eigenvalue weighted by Gasteiger charge is -2.04. The van der Waals surface area contributed by atoms with Gasteiger partial charge in [0.15, 0.2) is 0 Å². The van der Waals surface area contributed by atoms with E-state index in [1.165, 1.54) is 0 Å². The number of hydrogen-bond donors (Lipinski definition) is 0. The molecule has 0 saturated carbocycles. The van der Waals surface area contributed by atoms with E-state index in [1.807, 2.05) is 0 Å². The Morgan fingerprint density at radius 1 is 1.62 bits per heavy atom. The van der Waals surface area contributed by atoms with Gasteiger partial charge in [-0.1, -0.05) is 0 Å². The molecule has 3 heteroatoms. The molecular weight excluding hydrogens is 108 g/mol. The maximum absolute atomic E-state index is 10.5. The fourth-order valence-corrected chi connectivity index (χ4v) is 0.402. The van der Waals surface area contributed by atoms with Crippen molar-refractivity contribution >= 4 is 5.97 Å². The summed E-state index contributed by atoms with van der Waals surface area (Å²) in [6, 6.07) is 0. The van der Waals surface area contributed by atoms with Crippen LogP contribution in [0.2, 0.25) is 0 Å². The van der Waals surface area contributed by atoms with Crippen LogP contribution in [0.15, 0.2) is 0 Å². The van der Waals surface area contributed by atoms with Crippen LogP contribution >= 0.6 is 0 Å². The maximum Gasteiger partial charge on any atom is 0.350 e. The van der Waals surface area contributed by atoms with Crippen molar-refractivity contribution in [3.63, 3.8) is 0 Å². The first-order chi connectivity index (χ1) is 3.63. The number of carbonyl (C=O) groups excluding carboxylic acids is 1. The average Bonchev–Trinajstić information content (AvgIpc) is 1.86. The van der Waals surface area contributed by atoms with Gasteiger partial charge in [0.25, 0.3) is 0 Å². The molecule has 0 atom stereocenters. The van der Waals surface area contributed by atoms with Gasteiger partial charge in [-0.05, 0) is 13.8 Å². The lowest BCUT2D eigenvalue weighted by Crippen LogP contribution is -2.20. The van der Waals surface area contributed by atoms with Crippen molar-refractivity contribution in [2.75, 3.05) is 6.61 Å². The van der Waals surface area contributed by atoms with Crippen molar-refractivity contribution in [1.82, 2.24) is 0 Å². The first kappa shape index (κ1) is 5.56. The van der Waals surface area contributed by atoms with Gasteiger partial charge in [-0.25, -0.2) is 4.79 Å². The van der Waals surface area contributed by atoms with Crippen LogP contribution in [0.25, 0.3) is 0 Å². The highest BCUT2D eigenvalue weighted by Gasteiger charge is 2.37. The normalized spacial score (nSPS) is 25.5. The number of carbonyl (C=O) groups is 1. The molecule has 0 unspecified atom stereocenters. The molecule has 1 aliphatic rings. The van der Waals surface area contributed by atoms with Gasteiger partial charge in [-0.15, -0.1) is 0 Å². The molecule has 0 aliphatic carbocycles. The van der Waals surface area contributed by atoms with Gasteiger partial charge in [-0.2, -0.15) is 4.89 Å². The lowest BCUT2D eigenvalue weighted by atomic mass is 9.96. The largest absolute Gasteiger partial charge is 0.350 e. The highest BCUT2D eigenvalue weighted by atomic mass is 17.2. The van der Waals surface area contributed by atoms with Crippen LogP contribution in [0.3, 0.4) is 0 Å². The first-order valence-electron chi connectivity index (χ1n) is 2.47. The molecule has 1 aliphatic heterocycles. The molecule has 8 heavy (non-hydrogen) atoms. The predicted octanol–water partition coefficient (Wildman–Crippen LogP) is 0.501. The van der Waals surface area contributed by atoms with Gasteiger partial charge in [0, 0.05) is 0 Å². The number of hydrogen-bond acceptors (Lipinski definition) is 3. The smallest absolute Gasteiger partial charge is 0.298 e. The van der Waals surface area contributed by atoms with Gasteiger partial charge in [0.05, 0.1) is 5.41 Å². The molecule has 0 aromatic carbocycles. The summed E-state index contributed by atoms with van der Waals surface area (Å²) in [5.74, 6) is -0.280. The van der Waals surface area contributed by atoms with Crippen LogP contribution in [-0.2, 0) is 14.6 Å². The minimum absolute atomic E-state index is 0.280. The second-order valence-electron chi connectivity index (χ2n) is 2.52. The molecule has 1 saturated heterocycles. The third kappa shape index (κ3) is 0.690. The molecule has 1 heterocycles. The Kier molecular flexibility index (Phi) is 1.01. The summed E-state index contributed by atoms with van der Waals surface area (Å²) in [6.45, 7) is 3.93. The molecule has 1 fully saturated rings. The monoisotopic (exact) mass is 116 g/mol. The van der Waals surface area contributed by atoms with Crippen LogP contribution in [-0.4, -0.2) is 12.6 Å². The molecule has 0 N–H and O–H groups in total.